The van der Waals surface area contributed by atoms with E-state index in [9.17, 15) is 13.6 Å². The lowest BCUT2D eigenvalue weighted by Gasteiger charge is -1.95. The largest absolute Gasteiger partial charge is 0.407 e. The summed E-state index contributed by atoms with van der Waals surface area (Å²) in [6, 6.07) is 3.32. The van der Waals surface area contributed by atoms with E-state index in [1.165, 1.54) is 19.1 Å². The van der Waals surface area contributed by atoms with E-state index in [0.717, 1.165) is 12.1 Å². The number of aliphatic imine (C=N–C) groups is 1. The van der Waals surface area contributed by atoms with E-state index in [4.69, 9.17) is 0 Å². The van der Waals surface area contributed by atoms with Crippen LogP contribution in [0.15, 0.2) is 28.9 Å². The lowest BCUT2D eigenvalue weighted by molar-refractivity contribution is -0.130. The van der Waals surface area contributed by atoms with Gasteiger partial charge in [-0.15, -0.1) is 0 Å². The lowest BCUT2D eigenvalue weighted by Crippen LogP contribution is -1.99. The lowest BCUT2D eigenvalue weighted by atomic mass is 10.2. The molecule has 16 heavy (non-hydrogen) atoms. The molecule has 0 radical (unpaired) electrons. The zero-order valence-corrected chi connectivity index (χ0v) is 8.33. The molecule has 0 saturated carbocycles. The average molecular weight is 223 g/mol. The van der Waals surface area contributed by atoms with E-state index in [0.29, 0.717) is 5.56 Å². The fourth-order valence-corrected chi connectivity index (χ4v) is 1.28. The number of halogens is 2. The van der Waals surface area contributed by atoms with Crippen molar-refractivity contribution in [1.29, 1.82) is 0 Å². The molecule has 1 aliphatic rings. The third-order valence-corrected chi connectivity index (χ3v) is 1.97. The van der Waals surface area contributed by atoms with Gasteiger partial charge < -0.3 is 4.74 Å². The first-order chi connectivity index (χ1) is 7.56. The molecular formula is C11H7F2NO2. The third-order valence-electron chi connectivity index (χ3n) is 1.97. The maximum atomic E-state index is 12.9. The molecule has 0 aliphatic carbocycles. The molecule has 1 heterocycles. The Kier molecular flexibility index (Phi) is 2.52. The quantitative estimate of drug-likeness (QED) is 0.541. The molecule has 82 valence electrons. The average Bonchev–Trinajstić information content (AvgIpc) is 2.51. The number of carbonyl (C=O) groups is 1. The van der Waals surface area contributed by atoms with Gasteiger partial charge in [0.05, 0.1) is 0 Å². The molecule has 3 nitrogen and oxygen atoms in total. The van der Waals surface area contributed by atoms with Crippen LogP contribution in [0.4, 0.5) is 8.78 Å². The van der Waals surface area contributed by atoms with Gasteiger partial charge in [0.25, 0.3) is 0 Å². The van der Waals surface area contributed by atoms with Crippen LogP contribution in [0.2, 0.25) is 0 Å². The molecule has 0 atom stereocenters. The second-order valence-electron chi connectivity index (χ2n) is 3.22. The molecule has 1 aromatic rings. The summed E-state index contributed by atoms with van der Waals surface area (Å²) in [6.07, 6.45) is 1.33. The number of ether oxygens (including phenoxy) is 1. The van der Waals surface area contributed by atoms with Gasteiger partial charge in [-0.25, -0.2) is 18.6 Å². The van der Waals surface area contributed by atoms with Crippen molar-refractivity contribution in [3.63, 3.8) is 0 Å². The van der Waals surface area contributed by atoms with Crippen LogP contribution in [0.1, 0.15) is 12.5 Å². The molecule has 0 N–H and O–H groups in total. The predicted molar refractivity (Wildman–Crippen MR) is 53.5 cm³/mol. The van der Waals surface area contributed by atoms with Crippen LogP contribution in [0.3, 0.4) is 0 Å². The number of hydrogen-bond acceptors (Lipinski definition) is 3. The first-order valence-corrected chi connectivity index (χ1v) is 4.50. The molecule has 1 aliphatic heterocycles. The topological polar surface area (TPSA) is 38.7 Å². The van der Waals surface area contributed by atoms with Crippen LogP contribution < -0.4 is 0 Å². The minimum Gasteiger partial charge on any atom is -0.407 e. The second-order valence-corrected chi connectivity index (χ2v) is 3.22. The van der Waals surface area contributed by atoms with Gasteiger partial charge >= 0.3 is 5.97 Å². The van der Waals surface area contributed by atoms with Gasteiger partial charge in [0, 0.05) is 6.92 Å². The summed E-state index contributed by atoms with van der Waals surface area (Å²) in [7, 11) is 0. The highest BCUT2D eigenvalue weighted by Crippen LogP contribution is 2.16. The molecule has 1 aromatic carbocycles. The van der Waals surface area contributed by atoms with Crippen molar-refractivity contribution in [3.05, 3.63) is 41.1 Å². The Labute approximate surface area is 90.1 Å². The Morgan fingerprint density at radius 3 is 2.62 bits per heavy atom. The highest BCUT2D eigenvalue weighted by molar-refractivity contribution is 6.06. The number of rotatable bonds is 1. The van der Waals surface area contributed by atoms with Crippen molar-refractivity contribution in [3.8, 4) is 0 Å². The summed E-state index contributed by atoms with van der Waals surface area (Å²) in [5, 5.41) is 0. The van der Waals surface area contributed by atoms with E-state index >= 15 is 0 Å². The van der Waals surface area contributed by atoms with Crippen LogP contribution in [0, 0.1) is 11.6 Å². The SMILES string of the molecule is CC1=N/C(=C\c2ccc(F)c(F)c2)C(=O)O1. The normalized spacial score (nSPS) is 17.6. The third kappa shape index (κ3) is 1.98. The van der Waals surface area contributed by atoms with Gasteiger partial charge in [-0.1, -0.05) is 6.07 Å². The van der Waals surface area contributed by atoms with Crippen molar-refractivity contribution < 1.29 is 18.3 Å². The van der Waals surface area contributed by atoms with E-state index < -0.39 is 17.6 Å². The minimum absolute atomic E-state index is 0.0727. The summed E-state index contributed by atoms with van der Waals surface area (Å²) >= 11 is 0. The maximum absolute atomic E-state index is 12.9. The van der Waals surface area contributed by atoms with E-state index in [1.807, 2.05) is 0 Å². The van der Waals surface area contributed by atoms with E-state index in [-0.39, 0.29) is 11.6 Å². The maximum Gasteiger partial charge on any atom is 0.363 e. The van der Waals surface area contributed by atoms with Gasteiger partial charge in [-0.2, -0.15) is 0 Å². The molecule has 0 amide bonds. The number of hydrogen-bond donors (Lipinski definition) is 0. The molecule has 0 aromatic heterocycles. The van der Waals surface area contributed by atoms with Crippen molar-refractivity contribution >= 4 is 17.9 Å². The van der Waals surface area contributed by atoms with Gasteiger partial charge in [0.15, 0.2) is 23.2 Å². The Morgan fingerprint density at radius 2 is 2.06 bits per heavy atom. The molecule has 2 rings (SSSR count). The number of nitrogens with zero attached hydrogens (tertiary/aromatic N) is 1. The number of esters is 1. The van der Waals surface area contributed by atoms with E-state index in [2.05, 4.69) is 9.73 Å². The van der Waals surface area contributed by atoms with Gasteiger partial charge in [-0.05, 0) is 23.8 Å². The first-order valence-electron chi connectivity index (χ1n) is 4.50. The Bertz CT molecular complexity index is 521. The fraction of sp³-hybridized carbons (Fsp3) is 0.0909. The smallest absolute Gasteiger partial charge is 0.363 e. The predicted octanol–water partition coefficient (Wildman–Crippen LogP) is 2.28. The van der Waals surface area contributed by atoms with Gasteiger partial charge in [0.1, 0.15) is 0 Å². The highest BCUT2D eigenvalue weighted by Gasteiger charge is 2.19. The minimum atomic E-state index is -0.971. The summed E-state index contributed by atoms with van der Waals surface area (Å²) in [5.41, 5.74) is 0.424. The van der Waals surface area contributed by atoms with Crippen molar-refractivity contribution in [1.82, 2.24) is 0 Å². The summed E-state index contributed by atoms with van der Waals surface area (Å²) in [5.74, 6) is -2.27. The summed E-state index contributed by atoms with van der Waals surface area (Å²) < 4.78 is 30.2. The Morgan fingerprint density at radius 1 is 1.31 bits per heavy atom. The molecule has 0 bridgehead atoms. The number of cyclic esters (lactones) is 1. The van der Waals surface area contributed by atoms with Crippen LogP contribution in [0.25, 0.3) is 6.08 Å². The molecular weight excluding hydrogens is 216 g/mol. The summed E-state index contributed by atoms with van der Waals surface area (Å²) in [6.45, 7) is 1.53. The standard InChI is InChI=1S/C11H7F2NO2/c1-6-14-10(11(15)16-6)5-7-2-3-8(12)9(13)4-7/h2-5H,1H3/b10-5-. The molecule has 0 saturated heterocycles. The van der Waals surface area contributed by atoms with Crippen LogP contribution in [0.5, 0.6) is 0 Å². The molecule has 0 spiro atoms. The zero-order valence-electron chi connectivity index (χ0n) is 8.33. The highest BCUT2D eigenvalue weighted by atomic mass is 19.2. The van der Waals surface area contributed by atoms with Gasteiger partial charge in [-0.3, -0.25) is 0 Å². The molecule has 0 unspecified atom stereocenters. The summed E-state index contributed by atoms with van der Waals surface area (Å²) in [4.78, 5) is 15.0. The van der Waals surface area contributed by atoms with Gasteiger partial charge in [0.2, 0.25) is 0 Å². The molecule has 0 fully saturated rings. The monoisotopic (exact) mass is 223 g/mol. The number of carbonyl (C=O) groups excluding carboxylic acids is 1. The Hall–Kier alpha value is -2.04. The Balaban J connectivity index is 2.36. The zero-order chi connectivity index (χ0) is 11.7. The number of benzene rings is 1. The van der Waals surface area contributed by atoms with E-state index in [1.54, 1.807) is 0 Å². The van der Waals surface area contributed by atoms with Crippen LogP contribution in [-0.2, 0) is 9.53 Å². The van der Waals surface area contributed by atoms with Crippen molar-refractivity contribution in [2.75, 3.05) is 0 Å². The van der Waals surface area contributed by atoms with Crippen LogP contribution >= 0.6 is 0 Å². The second kappa shape index (κ2) is 3.84. The first kappa shape index (κ1) is 10.5. The van der Waals surface area contributed by atoms with Crippen molar-refractivity contribution in [2.45, 2.75) is 6.92 Å². The van der Waals surface area contributed by atoms with Crippen molar-refractivity contribution in [2.24, 2.45) is 4.99 Å². The fourth-order valence-electron chi connectivity index (χ4n) is 1.28. The molecule has 5 heteroatoms. The van der Waals surface area contributed by atoms with Crippen LogP contribution in [-0.4, -0.2) is 11.9 Å².